The molecule has 6 amide bonds. The number of aromatic nitrogens is 2. The first-order valence-electron chi connectivity index (χ1n) is 37.8. The van der Waals surface area contributed by atoms with Gasteiger partial charge in [-0.2, -0.15) is 0 Å². The van der Waals surface area contributed by atoms with E-state index in [1.807, 2.05) is 13.8 Å². The van der Waals surface area contributed by atoms with Crippen molar-refractivity contribution < 1.29 is 93.0 Å². The van der Waals surface area contributed by atoms with E-state index >= 15 is 0 Å². The molecule has 0 saturated heterocycles. The molecule has 0 aliphatic heterocycles. The van der Waals surface area contributed by atoms with Crippen molar-refractivity contribution in [2.24, 2.45) is 10.4 Å². The molecule has 1 rings (SSSR count). The summed E-state index contributed by atoms with van der Waals surface area (Å²) in [4.78, 5) is 91.3. The fourth-order valence-corrected chi connectivity index (χ4v) is 16.9. The van der Waals surface area contributed by atoms with Crippen molar-refractivity contribution in [3.8, 4) is 0 Å². The summed E-state index contributed by atoms with van der Waals surface area (Å²) in [5.74, 6) is -1.17. The highest BCUT2D eigenvalue weighted by Gasteiger charge is 2.40. The van der Waals surface area contributed by atoms with E-state index < -0.39 is 61.6 Å². The molecule has 1 heterocycles. The van der Waals surface area contributed by atoms with E-state index in [1.165, 1.54) is 73.5 Å². The van der Waals surface area contributed by atoms with Gasteiger partial charge in [-0.3, -0.25) is 4.79 Å². The number of nitrogens with zero attached hydrogens (tertiary/aromatic N) is 6. The molecule has 0 fully saturated rings. The molecule has 0 aliphatic carbocycles. The first-order chi connectivity index (χ1) is 49.5. The summed E-state index contributed by atoms with van der Waals surface area (Å²) in [6.07, 6.45) is 13.9. The van der Waals surface area contributed by atoms with Crippen molar-refractivity contribution in [1.82, 2.24) is 39.8 Å². The number of rotatable bonds is 66. The monoisotopic (exact) mass is 1530 g/mol. The second-order valence-corrected chi connectivity index (χ2v) is 35.7. The molecule has 604 valence electrons. The van der Waals surface area contributed by atoms with Crippen LogP contribution in [-0.2, 0) is 71.9 Å². The topological polar surface area (TPSA) is 355 Å². The second kappa shape index (κ2) is 57.9. The van der Waals surface area contributed by atoms with Crippen LogP contribution in [0.1, 0.15) is 189 Å². The van der Waals surface area contributed by atoms with E-state index in [4.69, 9.17) is 58.5 Å². The third-order valence-electron chi connectivity index (χ3n) is 18.2. The summed E-state index contributed by atoms with van der Waals surface area (Å²) in [6.45, 7) is 13.7. The Morgan fingerprint density at radius 1 is 0.466 bits per heavy atom. The number of carbonyl (C=O) groups excluding carboxylic acids is 4. The fraction of sp³-hybridized carbons (Fsp3) is 0.899. The molecule has 0 radical (unpaired) electrons. The predicted molar refractivity (Wildman–Crippen MR) is 400 cm³/mol. The van der Waals surface area contributed by atoms with E-state index in [0.29, 0.717) is 167 Å². The van der Waals surface area contributed by atoms with Gasteiger partial charge in [-0.05, 0) is 90.4 Å². The number of unbranched alkanes of at least 4 members (excludes halogenated alkanes) is 12. The zero-order valence-electron chi connectivity index (χ0n) is 65.6. The highest BCUT2D eigenvalue weighted by Crippen LogP contribution is 2.32. The van der Waals surface area contributed by atoms with Gasteiger partial charge in [-0.15, -0.1) is 0 Å². The number of aliphatic hydroxyl groups excluding tert-OH is 3. The fourth-order valence-electron chi connectivity index (χ4n) is 11.8. The summed E-state index contributed by atoms with van der Waals surface area (Å²) in [5.41, 5.74) is -1.27. The van der Waals surface area contributed by atoms with Gasteiger partial charge in [0.1, 0.15) is 12.7 Å². The van der Waals surface area contributed by atoms with Crippen LogP contribution in [0, 0.1) is 5.41 Å². The molecule has 31 nitrogen and oxygen atoms in total. The van der Waals surface area contributed by atoms with Crippen molar-refractivity contribution in [3.63, 3.8) is 0 Å². The van der Waals surface area contributed by atoms with E-state index in [2.05, 4.69) is 41.7 Å². The summed E-state index contributed by atoms with van der Waals surface area (Å²) in [5, 5.41) is 41.7. The summed E-state index contributed by atoms with van der Waals surface area (Å²) >= 11 is 0. The number of amides is 6. The molecule has 0 saturated carbocycles. The Bertz CT molecular complexity index is 2550. The Morgan fingerprint density at radius 3 is 1.19 bits per heavy atom. The van der Waals surface area contributed by atoms with Crippen LogP contribution in [0.15, 0.2) is 19.0 Å². The molecule has 1 aromatic rings. The van der Waals surface area contributed by atoms with Gasteiger partial charge in [-0.25, -0.2) is 38.1 Å². The van der Waals surface area contributed by atoms with Gasteiger partial charge in [-0.1, -0.05) is 98.3 Å². The highest BCUT2D eigenvalue weighted by molar-refractivity contribution is 6.61. The lowest BCUT2D eigenvalue weighted by Crippen LogP contribution is -2.47. The van der Waals surface area contributed by atoms with E-state index in [-0.39, 0.29) is 95.4 Å². The Labute approximate surface area is 618 Å². The highest BCUT2D eigenvalue weighted by atomic mass is 28.4. The quantitative estimate of drug-likeness (QED) is 0.0212. The first kappa shape index (κ1) is 96.8. The third kappa shape index (κ3) is 39.5. The van der Waals surface area contributed by atoms with Crippen molar-refractivity contribution in [2.45, 2.75) is 238 Å². The van der Waals surface area contributed by atoms with Gasteiger partial charge in [0.05, 0.1) is 50.5 Å². The van der Waals surface area contributed by atoms with Crippen LogP contribution in [0.4, 0.5) is 14.4 Å². The number of ether oxygens (including phenoxy) is 3. The smallest absolute Gasteiger partial charge is 0.462 e. The lowest BCUT2D eigenvalue weighted by molar-refractivity contribution is -0.159. The Balaban J connectivity index is 3.24. The van der Waals surface area contributed by atoms with Crippen molar-refractivity contribution in [1.29, 1.82) is 0 Å². The average Bonchev–Trinajstić information content (AvgIpc) is 0.805. The summed E-state index contributed by atoms with van der Waals surface area (Å²) in [7, 11) is 5.05. The molecule has 4 atom stereocenters. The van der Waals surface area contributed by atoms with Crippen molar-refractivity contribution in [2.75, 3.05) is 162 Å². The third-order valence-corrected chi connectivity index (χ3v) is 26.7. The van der Waals surface area contributed by atoms with E-state index in [0.717, 1.165) is 55.9 Å². The van der Waals surface area contributed by atoms with Crippen LogP contribution < -0.4 is 33.1 Å². The number of hydrogen-bond acceptors (Lipinski definition) is 23. The zero-order valence-corrected chi connectivity index (χ0v) is 68.6. The largest absolute Gasteiger partial charge is 0.500 e. The number of carbonyl (C=O) groups is 4. The maximum Gasteiger partial charge on any atom is 0.500 e. The number of esters is 1. The molecular formula is C69H139N9O22Si3. The van der Waals surface area contributed by atoms with Gasteiger partial charge in [0.25, 0.3) is 0 Å². The second-order valence-electron chi connectivity index (χ2n) is 26.4. The van der Waals surface area contributed by atoms with Crippen molar-refractivity contribution >= 4 is 50.5 Å². The zero-order chi connectivity index (χ0) is 76.8. The number of aliphatic hydroxyl groups is 3. The van der Waals surface area contributed by atoms with Gasteiger partial charge in [0.2, 0.25) is 0 Å². The summed E-state index contributed by atoms with van der Waals surface area (Å²) < 4.78 is 75.5. The van der Waals surface area contributed by atoms with Crippen LogP contribution in [0.5, 0.6) is 0 Å². The maximum atomic E-state index is 14.3. The van der Waals surface area contributed by atoms with Crippen LogP contribution in [0.3, 0.4) is 0 Å². The normalized spacial score (nSPS) is 13.7. The maximum absolute atomic E-state index is 14.3. The molecule has 0 spiro atoms. The van der Waals surface area contributed by atoms with Crippen LogP contribution >= 0.6 is 0 Å². The minimum Gasteiger partial charge on any atom is -0.462 e. The molecule has 0 aromatic carbocycles. The average molecular weight is 1530 g/mol. The molecule has 103 heavy (non-hydrogen) atoms. The predicted octanol–water partition coefficient (Wildman–Crippen LogP) is 7.28. The molecule has 6 N–H and O–H groups in total. The first-order valence-corrected chi connectivity index (χ1v) is 43.6. The number of hydrogen-bond donors (Lipinski definition) is 6. The molecule has 4 unspecified atom stereocenters. The molecular weight excluding hydrogens is 1390 g/mol. The van der Waals surface area contributed by atoms with Crippen LogP contribution in [-0.4, -0.2) is 270 Å². The molecule has 1 aromatic heterocycles. The number of nitrogens with one attached hydrogen (secondary N) is 3. The van der Waals surface area contributed by atoms with Gasteiger partial charge >= 0.3 is 67.6 Å². The lowest BCUT2D eigenvalue weighted by Gasteiger charge is -2.29. The van der Waals surface area contributed by atoms with Crippen LogP contribution in [0.2, 0.25) is 18.1 Å². The lowest BCUT2D eigenvalue weighted by atomic mass is 9.81. The van der Waals surface area contributed by atoms with E-state index in [1.54, 1.807) is 9.80 Å². The van der Waals surface area contributed by atoms with Gasteiger partial charge in [0, 0.05) is 154 Å². The Kier molecular flexibility index (Phi) is 54.4. The molecule has 34 heteroatoms. The standard InChI is InChI=1S/C69H139N9O22Si3/c1-15-19-38-69(5,37-18-4)62(82)99-58-61(81)55-76(45-36-52-103(94-12,95-13)96-14)65(85)70-39-28-22-23-31-42-73-66-77(46-32-26-24-29-40-71-63(83)74(53-59(79)56-97-48-20-16-2)43-34-50-101(88-6,89-7)90-8)67(86)78(68(87)100-66)47-33-27-25-30-41-72-64(84)75(54-60(80)57-98-49-21-17-3)44-35-51-102(91-9,92-10)93-11/h59-61,79-81H,15-58H2,1-14H3,(H,70,85)(H,71,83)(H,72,84). The Morgan fingerprint density at radius 2 is 0.825 bits per heavy atom. The van der Waals surface area contributed by atoms with Crippen LogP contribution in [0.25, 0.3) is 0 Å². The van der Waals surface area contributed by atoms with Crippen molar-refractivity contribution in [3.05, 3.63) is 26.7 Å². The number of urea groups is 3. The molecule has 0 aliphatic rings. The molecule has 0 bridgehead atoms. The minimum absolute atomic E-state index is 0.0703. The van der Waals surface area contributed by atoms with E-state index in [9.17, 15) is 44.1 Å². The van der Waals surface area contributed by atoms with Gasteiger partial charge < -0.3 is 104 Å². The Hall–Kier alpha value is -4.22. The summed E-state index contributed by atoms with van der Waals surface area (Å²) in [6, 6.07) is 0.319. The van der Waals surface area contributed by atoms with Gasteiger partial charge in [0.15, 0.2) is 0 Å². The SMILES string of the molecule is CCCCOCC(O)CN(CCC[Si](OC)(OC)OC)C(=O)NCCCCCCn1c(=O)oc(=NCCCCCCNC(=O)N(CCC[Si](OC)(OC)OC)CC(O)COC(=O)C(C)(CCC)CCCC)n(CCCCCCNC(=O)N(CCC[Si](OC)(OC)OC)CC(O)COCCCC)c1=O. The minimum atomic E-state index is -2.96.